The lowest BCUT2D eigenvalue weighted by Gasteiger charge is -2.40. The Labute approximate surface area is 220 Å². The summed E-state index contributed by atoms with van der Waals surface area (Å²) in [4.78, 5) is 12.3. The number of aromatic nitrogens is 8. The number of halogens is 1. The highest BCUT2D eigenvalue weighted by Crippen LogP contribution is 2.32. The Balaban J connectivity index is 0.00000280. The maximum absolute atomic E-state index is 5.60. The van der Waals surface area contributed by atoms with E-state index in [1.54, 1.807) is 23.0 Å². The summed E-state index contributed by atoms with van der Waals surface area (Å²) in [7, 11) is 1.66. The third-order valence-corrected chi connectivity index (χ3v) is 6.55. The van der Waals surface area contributed by atoms with Crippen molar-refractivity contribution in [1.82, 2.24) is 40.0 Å². The van der Waals surface area contributed by atoms with Crippen LogP contribution in [0.25, 0.3) is 11.4 Å². The Kier molecular flexibility index (Phi) is 6.93. The summed E-state index contributed by atoms with van der Waals surface area (Å²) in [5, 5.41) is 18.6. The molecule has 0 saturated carbocycles. The molecule has 10 nitrogen and oxygen atoms in total. The van der Waals surface area contributed by atoms with Crippen molar-refractivity contribution in [3.63, 3.8) is 0 Å². The molecule has 3 aromatic heterocycles. The molecule has 5 aromatic rings. The predicted molar refractivity (Wildman–Crippen MR) is 131 cm³/mol. The van der Waals surface area contributed by atoms with Crippen molar-refractivity contribution >= 4 is 0 Å². The average molecular weight is 516 g/mol. The summed E-state index contributed by atoms with van der Waals surface area (Å²) in [6, 6.07) is 19.9. The molecule has 1 aliphatic heterocycles. The van der Waals surface area contributed by atoms with Crippen molar-refractivity contribution in [2.45, 2.75) is 26.1 Å². The molecular formula is C26H26ClN9O. The van der Waals surface area contributed by atoms with Gasteiger partial charge >= 0.3 is 0 Å². The highest BCUT2D eigenvalue weighted by molar-refractivity contribution is 5.31. The second kappa shape index (κ2) is 10.5. The molecule has 0 radical (unpaired) electrons. The fourth-order valence-electron chi connectivity index (χ4n) is 4.86. The number of rotatable bonds is 7. The summed E-state index contributed by atoms with van der Waals surface area (Å²) >= 11 is 0. The number of hydrogen-bond acceptors (Lipinski definition) is 7. The second-order valence-electron chi connectivity index (χ2n) is 9.02. The van der Waals surface area contributed by atoms with Crippen LogP contribution in [0.15, 0.2) is 79.4 Å². The van der Waals surface area contributed by atoms with Crippen LogP contribution in [0.1, 0.15) is 22.6 Å². The molecule has 0 N–H and O–H groups in total. The normalized spacial score (nSPS) is 14.0. The highest BCUT2D eigenvalue weighted by atomic mass is 35.5. The van der Waals surface area contributed by atoms with Crippen molar-refractivity contribution in [3.05, 3.63) is 102 Å². The van der Waals surface area contributed by atoms with Gasteiger partial charge in [0.2, 0.25) is 5.88 Å². The molecule has 0 amide bonds. The molecule has 188 valence electrons. The minimum atomic E-state index is 0. The molecule has 4 heterocycles. The minimum Gasteiger partial charge on any atom is -1.00 e. The molecule has 1 aliphatic rings. The van der Waals surface area contributed by atoms with Crippen LogP contribution in [0, 0.1) is 0 Å². The van der Waals surface area contributed by atoms with Crippen molar-refractivity contribution in [3.8, 4) is 17.3 Å². The van der Waals surface area contributed by atoms with E-state index in [2.05, 4.69) is 20.2 Å². The second-order valence-corrected chi connectivity index (χ2v) is 9.02. The molecule has 2 aromatic carbocycles. The number of fused-ring (bicyclic) bond motifs is 1. The molecule has 0 bridgehead atoms. The van der Waals surface area contributed by atoms with E-state index in [9.17, 15) is 0 Å². The monoisotopic (exact) mass is 515 g/mol. The lowest BCUT2D eigenvalue weighted by molar-refractivity contribution is -0.968. The summed E-state index contributed by atoms with van der Waals surface area (Å²) in [6.07, 6.45) is 6.09. The zero-order chi connectivity index (χ0) is 24.4. The van der Waals surface area contributed by atoms with Crippen molar-refractivity contribution < 1.29 is 21.6 Å². The van der Waals surface area contributed by atoms with E-state index in [-0.39, 0.29) is 12.4 Å². The van der Waals surface area contributed by atoms with E-state index >= 15 is 0 Å². The molecule has 0 saturated heterocycles. The minimum absolute atomic E-state index is 0. The third-order valence-electron chi connectivity index (χ3n) is 6.55. The Morgan fingerprint density at radius 2 is 1.38 bits per heavy atom. The number of nitrogens with zero attached hydrogens (tertiary/aromatic N) is 9. The highest BCUT2D eigenvalue weighted by Gasteiger charge is 2.38. The molecule has 11 heteroatoms. The molecule has 0 aliphatic carbocycles. The van der Waals surface area contributed by atoms with E-state index in [0.29, 0.717) is 30.0 Å². The van der Waals surface area contributed by atoms with Gasteiger partial charge in [-0.15, -0.1) is 10.2 Å². The smallest absolute Gasteiger partial charge is 0.225 e. The number of para-hydroxylation sites is 2. The quantitative estimate of drug-likeness (QED) is 0.280. The number of methoxy groups -OCH3 is 1. The molecule has 0 unspecified atom stereocenters. The third kappa shape index (κ3) is 5.07. The van der Waals surface area contributed by atoms with E-state index in [4.69, 9.17) is 14.9 Å². The Bertz CT molecular complexity index is 1380. The van der Waals surface area contributed by atoms with Crippen LogP contribution in [0.5, 0.6) is 5.88 Å². The Hall–Kier alpha value is -4.15. The van der Waals surface area contributed by atoms with Gasteiger partial charge in [-0.2, -0.15) is 19.8 Å². The van der Waals surface area contributed by atoms with Crippen LogP contribution in [0.3, 0.4) is 0 Å². The molecular weight excluding hydrogens is 490 g/mol. The van der Waals surface area contributed by atoms with E-state index < -0.39 is 0 Å². The molecule has 37 heavy (non-hydrogen) atoms. The molecule has 0 spiro atoms. The fourth-order valence-corrected chi connectivity index (χ4v) is 4.86. The average Bonchev–Trinajstić information content (AvgIpc) is 3.59. The van der Waals surface area contributed by atoms with Crippen LogP contribution in [0.2, 0.25) is 0 Å². The summed E-state index contributed by atoms with van der Waals surface area (Å²) in [5.41, 5.74) is 5.76. The largest absolute Gasteiger partial charge is 1.00 e. The van der Waals surface area contributed by atoms with Gasteiger partial charge in [-0.25, -0.2) is 9.97 Å². The van der Waals surface area contributed by atoms with Gasteiger partial charge in [0, 0.05) is 6.42 Å². The van der Waals surface area contributed by atoms with Crippen molar-refractivity contribution in [2.75, 3.05) is 13.7 Å². The number of hydrogen-bond donors (Lipinski definition) is 0. The van der Waals surface area contributed by atoms with E-state index in [1.807, 2.05) is 73.1 Å². The summed E-state index contributed by atoms with van der Waals surface area (Å²) < 4.78 is 6.30. The molecule has 6 rings (SSSR count). The lowest BCUT2D eigenvalue weighted by atomic mass is 10.0. The Morgan fingerprint density at radius 1 is 0.811 bits per heavy atom. The number of ether oxygens (including phenoxy) is 1. The SMILES string of the molecule is COc1ncnc2c1C[N+](Cc1cnn(-c3ccccc3)n1)(Cc1cnn(-c3ccccc3)n1)CC2.[Cl-]. The maximum Gasteiger partial charge on any atom is 0.225 e. The zero-order valence-electron chi connectivity index (χ0n) is 20.4. The summed E-state index contributed by atoms with van der Waals surface area (Å²) in [6.45, 7) is 2.95. The van der Waals surface area contributed by atoms with Gasteiger partial charge in [0.1, 0.15) is 37.3 Å². The van der Waals surface area contributed by atoms with E-state index in [0.717, 1.165) is 47.0 Å². The van der Waals surface area contributed by atoms with Gasteiger partial charge in [-0.05, 0) is 24.3 Å². The van der Waals surface area contributed by atoms with Crippen molar-refractivity contribution in [2.24, 2.45) is 0 Å². The first-order valence-corrected chi connectivity index (χ1v) is 11.9. The van der Waals surface area contributed by atoms with Gasteiger partial charge < -0.3 is 21.6 Å². The molecule has 0 fully saturated rings. The summed E-state index contributed by atoms with van der Waals surface area (Å²) in [5.74, 6) is 0.628. The van der Waals surface area contributed by atoms with E-state index in [1.165, 1.54) is 0 Å². The van der Waals surface area contributed by atoms with Crippen LogP contribution in [0.4, 0.5) is 0 Å². The van der Waals surface area contributed by atoms with Gasteiger partial charge in [0.25, 0.3) is 0 Å². The van der Waals surface area contributed by atoms with Gasteiger partial charge in [0.15, 0.2) is 0 Å². The first-order valence-electron chi connectivity index (χ1n) is 11.9. The first-order chi connectivity index (χ1) is 17.7. The van der Waals surface area contributed by atoms with Crippen LogP contribution in [-0.4, -0.2) is 58.1 Å². The first kappa shape index (κ1) is 24.5. The predicted octanol–water partition coefficient (Wildman–Crippen LogP) is -0.0761. The Morgan fingerprint density at radius 3 is 1.92 bits per heavy atom. The number of benzene rings is 2. The van der Waals surface area contributed by atoms with Gasteiger partial charge in [0.05, 0.1) is 48.7 Å². The number of quaternary nitrogens is 1. The lowest BCUT2D eigenvalue weighted by Crippen LogP contribution is -3.00. The van der Waals surface area contributed by atoms with Crippen LogP contribution in [-0.2, 0) is 26.1 Å². The van der Waals surface area contributed by atoms with Gasteiger partial charge in [-0.3, -0.25) is 0 Å². The standard InChI is InChI=1S/C26H26N9O.ClH/c1-36-26-24-18-35(13-12-25(24)27-19-28-26,16-20-14-29-33(31-20)22-8-4-2-5-9-22)17-21-15-30-34(32-21)23-10-6-3-7-11-23;/h2-11,14-15,19H,12-13,16-18H2,1H3;1H/q+1;/p-1. The van der Waals surface area contributed by atoms with Crippen LogP contribution >= 0.6 is 0 Å². The topological polar surface area (TPSA) is 96.4 Å². The fraction of sp³-hybridized carbons (Fsp3) is 0.231. The van der Waals surface area contributed by atoms with Crippen LogP contribution < -0.4 is 17.1 Å². The van der Waals surface area contributed by atoms with Gasteiger partial charge in [-0.1, -0.05) is 36.4 Å². The zero-order valence-corrected chi connectivity index (χ0v) is 21.1. The maximum atomic E-state index is 5.60. The van der Waals surface area contributed by atoms with Crippen molar-refractivity contribution in [1.29, 1.82) is 0 Å². The molecule has 0 atom stereocenters.